The van der Waals surface area contributed by atoms with E-state index in [0.29, 0.717) is 61.7 Å². The molecule has 2 aliphatic rings. The Balaban J connectivity index is 1.58. The molecule has 4 rings (SSSR count). The molecule has 1 aromatic carbocycles. The SMILES string of the molecule is CCCN1CCN(C(=O)c2oc3ccc(S(=O)(=O)N4CCOCC4)cc3c2C)CC1. The maximum Gasteiger partial charge on any atom is 0.289 e. The van der Waals surface area contributed by atoms with Crippen molar-refractivity contribution in [2.45, 2.75) is 25.2 Å². The van der Waals surface area contributed by atoms with Gasteiger partial charge in [0.2, 0.25) is 10.0 Å². The number of rotatable bonds is 5. The van der Waals surface area contributed by atoms with Crippen LogP contribution in [-0.2, 0) is 14.8 Å². The molecule has 30 heavy (non-hydrogen) atoms. The molecule has 2 fully saturated rings. The number of benzene rings is 1. The molecule has 0 saturated carbocycles. The fourth-order valence-electron chi connectivity index (χ4n) is 4.13. The number of hydrogen-bond donors (Lipinski definition) is 0. The summed E-state index contributed by atoms with van der Waals surface area (Å²) < 4.78 is 38.5. The van der Waals surface area contributed by atoms with Gasteiger partial charge in [-0.2, -0.15) is 4.31 Å². The first-order valence-corrected chi connectivity index (χ1v) is 12.0. The van der Waals surface area contributed by atoms with E-state index in [1.165, 1.54) is 4.31 Å². The molecule has 0 atom stereocenters. The highest BCUT2D eigenvalue weighted by molar-refractivity contribution is 7.89. The molecule has 1 aromatic heterocycles. The number of ether oxygens (including phenoxy) is 1. The van der Waals surface area contributed by atoms with Crippen LogP contribution in [-0.4, -0.2) is 87.5 Å². The van der Waals surface area contributed by atoms with Crippen molar-refractivity contribution < 1.29 is 22.4 Å². The Bertz CT molecular complexity index is 1020. The third-order valence-corrected chi connectivity index (χ3v) is 7.80. The molecule has 0 N–H and O–H groups in total. The Labute approximate surface area is 177 Å². The van der Waals surface area contributed by atoms with E-state index < -0.39 is 10.0 Å². The van der Waals surface area contributed by atoms with Gasteiger partial charge in [-0.25, -0.2) is 8.42 Å². The Morgan fingerprint density at radius 1 is 1.07 bits per heavy atom. The van der Waals surface area contributed by atoms with Crippen LogP contribution >= 0.6 is 0 Å². The first-order valence-electron chi connectivity index (χ1n) is 10.5. The van der Waals surface area contributed by atoms with Crippen molar-refractivity contribution in [1.82, 2.24) is 14.1 Å². The quantitative estimate of drug-likeness (QED) is 0.714. The number of fused-ring (bicyclic) bond motifs is 1. The van der Waals surface area contributed by atoms with E-state index in [1.807, 2.05) is 11.8 Å². The van der Waals surface area contributed by atoms with Crippen molar-refractivity contribution in [3.05, 3.63) is 29.5 Å². The molecule has 8 nitrogen and oxygen atoms in total. The van der Waals surface area contributed by atoms with Crippen molar-refractivity contribution >= 4 is 26.9 Å². The lowest BCUT2D eigenvalue weighted by molar-refractivity contribution is 0.0608. The van der Waals surface area contributed by atoms with E-state index in [0.717, 1.165) is 26.1 Å². The molecule has 3 heterocycles. The lowest BCUT2D eigenvalue weighted by Gasteiger charge is -2.34. The van der Waals surface area contributed by atoms with Crippen molar-refractivity contribution in [3.63, 3.8) is 0 Å². The van der Waals surface area contributed by atoms with E-state index in [2.05, 4.69) is 11.8 Å². The van der Waals surface area contributed by atoms with Gasteiger partial charge in [0.05, 0.1) is 18.1 Å². The Morgan fingerprint density at radius 3 is 2.43 bits per heavy atom. The number of morpholine rings is 1. The van der Waals surface area contributed by atoms with Gasteiger partial charge in [0, 0.05) is 50.2 Å². The standard InChI is InChI=1S/C21H29N3O5S/c1-3-6-22-7-9-23(10-8-22)21(25)20-16(2)18-15-17(4-5-19(18)29-20)30(26,27)24-11-13-28-14-12-24/h4-5,15H,3,6-14H2,1-2H3. The van der Waals surface area contributed by atoms with Crippen LogP contribution in [0.25, 0.3) is 11.0 Å². The van der Waals surface area contributed by atoms with Gasteiger partial charge in [0.1, 0.15) is 5.58 Å². The summed E-state index contributed by atoms with van der Waals surface area (Å²) in [6.07, 6.45) is 1.10. The summed E-state index contributed by atoms with van der Waals surface area (Å²) in [7, 11) is -3.60. The average Bonchev–Trinajstić information content (AvgIpc) is 3.10. The smallest absolute Gasteiger partial charge is 0.289 e. The number of hydrogen-bond acceptors (Lipinski definition) is 6. The van der Waals surface area contributed by atoms with Crippen LogP contribution in [0.2, 0.25) is 0 Å². The van der Waals surface area contributed by atoms with Crippen LogP contribution in [0.4, 0.5) is 0 Å². The van der Waals surface area contributed by atoms with Crippen LogP contribution in [0.5, 0.6) is 0 Å². The van der Waals surface area contributed by atoms with Gasteiger partial charge in [-0.15, -0.1) is 0 Å². The zero-order valence-electron chi connectivity index (χ0n) is 17.6. The zero-order chi connectivity index (χ0) is 21.3. The summed E-state index contributed by atoms with van der Waals surface area (Å²) in [5.74, 6) is 0.173. The average molecular weight is 436 g/mol. The van der Waals surface area contributed by atoms with Crippen molar-refractivity contribution in [2.24, 2.45) is 0 Å². The Morgan fingerprint density at radius 2 is 1.77 bits per heavy atom. The molecular weight excluding hydrogens is 406 g/mol. The molecular formula is C21H29N3O5S. The summed E-state index contributed by atoms with van der Waals surface area (Å²) in [5.41, 5.74) is 1.21. The molecule has 2 aliphatic heterocycles. The minimum absolute atomic E-state index is 0.127. The number of carbonyl (C=O) groups excluding carboxylic acids is 1. The normalized spacial score (nSPS) is 19.5. The first kappa shape index (κ1) is 21.3. The summed E-state index contributed by atoms with van der Waals surface area (Å²) in [6, 6.07) is 4.81. The number of nitrogens with zero attached hydrogens (tertiary/aromatic N) is 3. The van der Waals surface area contributed by atoms with Crippen molar-refractivity contribution in [2.75, 3.05) is 59.0 Å². The van der Waals surface area contributed by atoms with Crippen molar-refractivity contribution in [1.29, 1.82) is 0 Å². The Kier molecular flexibility index (Phi) is 6.15. The molecule has 0 unspecified atom stereocenters. The molecule has 2 aromatic rings. The van der Waals surface area contributed by atoms with Crippen LogP contribution in [0, 0.1) is 6.92 Å². The highest BCUT2D eigenvalue weighted by Crippen LogP contribution is 2.30. The minimum atomic E-state index is -3.60. The van der Waals surface area contributed by atoms with Crippen LogP contribution in [0.15, 0.2) is 27.5 Å². The highest BCUT2D eigenvalue weighted by atomic mass is 32.2. The molecule has 0 spiro atoms. The maximum absolute atomic E-state index is 13.1. The number of furan rings is 1. The second-order valence-electron chi connectivity index (χ2n) is 7.86. The summed E-state index contributed by atoms with van der Waals surface area (Å²) in [6.45, 7) is 9.58. The molecule has 0 aliphatic carbocycles. The number of carbonyl (C=O) groups is 1. The summed E-state index contributed by atoms with van der Waals surface area (Å²) in [5, 5.41) is 0.664. The van der Waals surface area contributed by atoms with Gasteiger partial charge in [0.25, 0.3) is 5.91 Å². The van der Waals surface area contributed by atoms with Crippen LogP contribution in [0.1, 0.15) is 29.5 Å². The maximum atomic E-state index is 13.1. The largest absolute Gasteiger partial charge is 0.451 e. The second kappa shape index (κ2) is 8.66. The second-order valence-corrected chi connectivity index (χ2v) is 9.80. The fraction of sp³-hybridized carbons (Fsp3) is 0.571. The first-order chi connectivity index (χ1) is 14.4. The van der Waals surface area contributed by atoms with E-state index >= 15 is 0 Å². The van der Waals surface area contributed by atoms with Gasteiger partial charge < -0.3 is 14.1 Å². The number of sulfonamides is 1. The number of aryl methyl sites for hydroxylation is 1. The molecule has 9 heteroatoms. The molecule has 2 saturated heterocycles. The number of piperazine rings is 1. The third-order valence-electron chi connectivity index (χ3n) is 5.91. The predicted octanol–water partition coefficient (Wildman–Crippen LogP) is 1.93. The van der Waals surface area contributed by atoms with Gasteiger partial charge in [0.15, 0.2) is 5.76 Å². The third kappa shape index (κ3) is 3.99. The molecule has 1 amide bonds. The number of amides is 1. The zero-order valence-corrected chi connectivity index (χ0v) is 18.4. The Hall–Kier alpha value is -1.94. The van der Waals surface area contributed by atoms with Crippen LogP contribution in [0.3, 0.4) is 0 Å². The fourth-order valence-corrected chi connectivity index (χ4v) is 5.57. The molecule has 0 bridgehead atoms. The summed E-state index contributed by atoms with van der Waals surface area (Å²) in [4.78, 5) is 17.5. The van der Waals surface area contributed by atoms with Gasteiger partial charge in [-0.1, -0.05) is 6.92 Å². The van der Waals surface area contributed by atoms with E-state index in [1.54, 1.807) is 18.2 Å². The van der Waals surface area contributed by atoms with E-state index in [4.69, 9.17) is 9.15 Å². The molecule has 164 valence electrons. The monoisotopic (exact) mass is 435 g/mol. The van der Waals surface area contributed by atoms with Gasteiger partial charge in [-0.05, 0) is 38.1 Å². The van der Waals surface area contributed by atoms with E-state index in [9.17, 15) is 13.2 Å². The predicted molar refractivity (Wildman–Crippen MR) is 113 cm³/mol. The van der Waals surface area contributed by atoms with Gasteiger partial charge >= 0.3 is 0 Å². The summed E-state index contributed by atoms with van der Waals surface area (Å²) >= 11 is 0. The van der Waals surface area contributed by atoms with E-state index in [-0.39, 0.29) is 10.8 Å². The highest BCUT2D eigenvalue weighted by Gasteiger charge is 2.29. The molecule has 0 radical (unpaired) electrons. The van der Waals surface area contributed by atoms with Crippen LogP contribution < -0.4 is 0 Å². The topological polar surface area (TPSA) is 83.3 Å². The van der Waals surface area contributed by atoms with Crippen molar-refractivity contribution in [3.8, 4) is 0 Å². The van der Waals surface area contributed by atoms with Gasteiger partial charge in [-0.3, -0.25) is 9.69 Å². The lowest BCUT2D eigenvalue weighted by atomic mass is 10.1. The minimum Gasteiger partial charge on any atom is -0.451 e. The lowest BCUT2D eigenvalue weighted by Crippen LogP contribution is -2.48.